The molecule has 1 aromatic rings. The molecule has 0 spiro atoms. The number of anilines is 2. The summed E-state index contributed by atoms with van der Waals surface area (Å²) in [5, 5.41) is 9.65. The number of hydrogen-bond donors (Lipinski definition) is 1. The van der Waals surface area contributed by atoms with Crippen LogP contribution in [0.25, 0.3) is 0 Å². The molecule has 0 saturated carbocycles. The summed E-state index contributed by atoms with van der Waals surface area (Å²) in [7, 11) is 3.97. The Balaban J connectivity index is 2.08. The third kappa shape index (κ3) is 12.5. The fraction of sp³-hybridized carbons (Fsp3) is 0.750. The normalized spacial score (nSPS) is 11.0. The molecule has 1 rings (SSSR count). The van der Waals surface area contributed by atoms with Crippen molar-refractivity contribution >= 4 is 17.8 Å². The lowest BCUT2D eigenvalue weighted by Crippen LogP contribution is -2.24. The Morgan fingerprint density at radius 1 is 0.750 bits per heavy atom. The minimum atomic E-state index is -0.0493. The van der Waals surface area contributed by atoms with Gasteiger partial charge < -0.3 is 14.9 Å². The first kappa shape index (κ1) is 28.5. The van der Waals surface area contributed by atoms with Gasteiger partial charge in [0, 0.05) is 31.9 Å². The smallest absolute Gasteiger partial charge is 0.214 e. The average Bonchev–Trinajstić information content (AvgIpc) is 2.80. The first-order chi connectivity index (χ1) is 15.6. The molecule has 1 amide bonds. The summed E-state index contributed by atoms with van der Waals surface area (Å²) in [6.45, 7) is 2.94. The molecule has 0 unspecified atom stereocenters. The van der Waals surface area contributed by atoms with Crippen LogP contribution in [0.2, 0.25) is 0 Å². The second kappa shape index (κ2) is 19.0. The molecule has 0 aliphatic carbocycles. The molecule has 0 aliphatic rings. The first-order valence-corrected chi connectivity index (χ1v) is 13.3. The zero-order valence-corrected chi connectivity index (χ0v) is 21.3. The van der Waals surface area contributed by atoms with Crippen molar-refractivity contribution in [1.29, 1.82) is 0 Å². The standard InChI is InChI=1S/C28H50N2O2/c1-4-5-6-7-8-9-10-11-12-13-14-15-16-17-18-19-22-30(25-32)28-23-27(29(2)3)21-20-26(28)24-31/h20-21,23,25,31H,4-19,22,24H2,1-3H3. The molecule has 0 bridgehead atoms. The predicted molar refractivity (Wildman–Crippen MR) is 140 cm³/mol. The van der Waals surface area contributed by atoms with Gasteiger partial charge in [0.15, 0.2) is 0 Å². The molecular formula is C28H50N2O2. The molecular weight excluding hydrogens is 396 g/mol. The summed E-state index contributed by atoms with van der Waals surface area (Å²) in [5.74, 6) is 0. The van der Waals surface area contributed by atoms with E-state index in [-0.39, 0.29) is 6.61 Å². The Kier molecular flexibility index (Phi) is 16.9. The molecule has 0 atom stereocenters. The van der Waals surface area contributed by atoms with Gasteiger partial charge in [0.1, 0.15) is 0 Å². The number of carbonyl (C=O) groups excluding carboxylic acids is 1. The average molecular weight is 447 g/mol. The van der Waals surface area contributed by atoms with E-state index in [0.717, 1.165) is 36.2 Å². The number of nitrogens with zero attached hydrogens (tertiary/aromatic N) is 2. The lowest BCUT2D eigenvalue weighted by molar-refractivity contribution is -0.107. The van der Waals surface area contributed by atoms with Gasteiger partial charge in [-0.1, -0.05) is 109 Å². The van der Waals surface area contributed by atoms with Crippen molar-refractivity contribution in [2.75, 3.05) is 30.4 Å². The van der Waals surface area contributed by atoms with Gasteiger partial charge in [0.2, 0.25) is 6.41 Å². The van der Waals surface area contributed by atoms with Crippen molar-refractivity contribution in [2.45, 2.75) is 116 Å². The molecule has 32 heavy (non-hydrogen) atoms. The molecule has 1 N–H and O–H groups in total. The van der Waals surface area contributed by atoms with Crippen LogP contribution in [0.15, 0.2) is 18.2 Å². The monoisotopic (exact) mass is 446 g/mol. The van der Waals surface area contributed by atoms with E-state index in [4.69, 9.17) is 0 Å². The first-order valence-electron chi connectivity index (χ1n) is 13.3. The molecule has 0 heterocycles. The molecule has 184 valence electrons. The molecule has 0 aliphatic heterocycles. The van der Waals surface area contributed by atoms with Gasteiger partial charge in [-0.3, -0.25) is 4.79 Å². The van der Waals surface area contributed by atoms with Gasteiger partial charge in [-0.2, -0.15) is 0 Å². The minimum absolute atomic E-state index is 0.0493. The third-order valence-electron chi connectivity index (χ3n) is 6.44. The van der Waals surface area contributed by atoms with Crippen molar-refractivity contribution in [3.63, 3.8) is 0 Å². The van der Waals surface area contributed by atoms with Crippen molar-refractivity contribution in [1.82, 2.24) is 0 Å². The van der Waals surface area contributed by atoms with Crippen LogP contribution in [0.5, 0.6) is 0 Å². The number of aliphatic hydroxyl groups is 1. The zero-order chi connectivity index (χ0) is 23.4. The van der Waals surface area contributed by atoms with Crippen LogP contribution < -0.4 is 9.80 Å². The van der Waals surface area contributed by atoms with E-state index in [2.05, 4.69) is 6.92 Å². The number of hydrogen-bond acceptors (Lipinski definition) is 3. The number of rotatable bonds is 21. The molecule has 4 nitrogen and oxygen atoms in total. The van der Waals surface area contributed by atoms with E-state index >= 15 is 0 Å². The van der Waals surface area contributed by atoms with E-state index in [1.165, 1.54) is 89.9 Å². The van der Waals surface area contributed by atoms with Crippen LogP contribution >= 0.6 is 0 Å². The number of unbranched alkanes of at least 4 members (excludes halogenated alkanes) is 15. The summed E-state index contributed by atoms with van der Waals surface area (Å²) in [6.07, 6.45) is 22.4. The van der Waals surface area contributed by atoms with Crippen molar-refractivity contribution in [3.8, 4) is 0 Å². The van der Waals surface area contributed by atoms with Crippen LogP contribution in [0, 0.1) is 0 Å². The number of carbonyl (C=O) groups is 1. The third-order valence-corrected chi connectivity index (χ3v) is 6.44. The van der Waals surface area contributed by atoms with Crippen molar-refractivity contribution < 1.29 is 9.90 Å². The molecule has 0 aromatic heterocycles. The van der Waals surface area contributed by atoms with Gasteiger partial charge in [-0.25, -0.2) is 0 Å². The fourth-order valence-electron chi connectivity index (χ4n) is 4.29. The maximum absolute atomic E-state index is 11.7. The molecule has 0 radical (unpaired) electrons. The number of amides is 1. The molecule has 1 aromatic carbocycles. The van der Waals surface area contributed by atoms with E-state index in [9.17, 15) is 9.90 Å². The topological polar surface area (TPSA) is 43.8 Å². The summed E-state index contributed by atoms with van der Waals surface area (Å²) in [6, 6.07) is 5.88. The number of benzene rings is 1. The largest absolute Gasteiger partial charge is 0.392 e. The van der Waals surface area contributed by atoms with Crippen molar-refractivity contribution in [3.05, 3.63) is 23.8 Å². The van der Waals surface area contributed by atoms with Gasteiger partial charge in [0.05, 0.1) is 12.3 Å². The highest BCUT2D eigenvalue weighted by atomic mass is 16.3. The second-order valence-electron chi connectivity index (χ2n) is 9.47. The summed E-state index contributed by atoms with van der Waals surface area (Å²) < 4.78 is 0. The SMILES string of the molecule is CCCCCCCCCCCCCCCCCCN(C=O)c1cc(N(C)C)ccc1CO. The molecule has 4 heteroatoms. The Hall–Kier alpha value is -1.55. The maximum atomic E-state index is 11.7. The van der Waals surface area contributed by atoms with Crippen LogP contribution in [-0.2, 0) is 11.4 Å². The Bertz CT molecular complexity index is 589. The summed E-state index contributed by atoms with van der Waals surface area (Å²) >= 11 is 0. The van der Waals surface area contributed by atoms with Crippen LogP contribution in [0.3, 0.4) is 0 Å². The van der Waals surface area contributed by atoms with Crippen LogP contribution in [-0.4, -0.2) is 32.2 Å². The highest BCUT2D eigenvalue weighted by molar-refractivity contribution is 5.79. The van der Waals surface area contributed by atoms with E-state index in [1.54, 1.807) is 4.90 Å². The van der Waals surface area contributed by atoms with E-state index < -0.39 is 0 Å². The van der Waals surface area contributed by atoms with Crippen LogP contribution in [0.4, 0.5) is 11.4 Å². The lowest BCUT2D eigenvalue weighted by atomic mass is 10.0. The van der Waals surface area contributed by atoms with E-state index in [0.29, 0.717) is 6.54 Å². The molecule has 0 fully saturated rings. The van der Waals surface area contributed by atoms with E-state index in [1.807, 2.05) is 37.2 Å². The number of aliphatic hydroxyl groups excluding tert-OH is 1. The predicted octanol–water partition coefficient (Wildman–Crippen LogP) is 7.47. The highest BCUT2D eigenvalue weighted by Gasteiger charge is 2.12. The maximum Gasteiger partial charge on any atom is 0.214 e. The van der Waals surface area contributed by atoms with Crippen LogP contribution in [0.1, 0.15) is 115 Å². The van der Waals surface area contributed by atoms with Gasteiger partial charge in [-0.15, -0.1) is 0 Å². The second-order valence-corrected chi connectivity index (χ2v) is 9.47. The fourth-order valence-corrected chi connectivity index (χ4v) is 4.29. The lowest BCUT2D eigenvalue weighted by Gasteiger charge is -2.23. The van der Waals surface area contributed by atoms with Gasteiger partial charge in [0.25, 0.3) is 0 Å². The van der Waals surface area contributed by atoms with Gasteiger partial charge in [-0.05, 0) is 18.6 Å². The Morgan fingerprint density at radius 3 is 1.62 bits per heavy atom. The zero-order valence-electron chi connectivity index (χ0n) is 21.3. The summed E-state index contributed by atoms with van der Waals surface area (Å²) in [4.78, 5) is 15.4. The minimum Gasteiger partial charge on any atom is -0.392 e. The van der Waals surface area contributed by atoms with Gasteiger partial charge >= 0.3 is 0 Å². The summed E-state index contributed by atoms with van der Waals surface area (Å²) in [5.41, 5.74) is 2.67. The molecule has 0 saturated heterocycles. The highest BCUT2D eigenvalue weighted by Crippen LogP contribution is 2.26. The Morgan fingerprint density at radius 2 is 1.22 bits per heavy atom. The van der Waals surface area contributed by atoms with Crippen molar-refractivity contribution in [2.24, 2.45) is 0 Å². The quantitative estimate of drug-likeness (QED) is 0.157. The Labute approximate surface area is 198 Å².